The Hall–Kier alpha value is -1.67. The van der Waals surface area contributed by atoms with Crippen LogP contribution in [0, 0.1) is 5.82 Å². The van der Waals surface area contributed by atoms with Crippen molar-refractivity contribution < 1.29 is 18.8 Å². The first-order valence-electron chi connectivity index (χ1n) is 4.86. The van der Waals surface area contributed by atoms with Gasteiger partial charge >= 0.3 is 0 Å². The molecule has 0 amide bonds. The number of halogens is 2. The van der Waals surface area contributed by atoms with E-state index in [1.165, 1.54) is 7.11 Å². The van der Waals surface area contributed by atoms with Gasteiger partial charge in [-0.2, -0.15) is 4.98 Å². The molecular formula is C10H9BrFN3O3. The zero-order valence-electron chi connectivity index (χ0n) is 9.28. The van der Waals surface area contributed by atoms with Crippen molar-refractivity contribution in [1.29, 1.82) is 0 Å². The summed E-state index contributed by atoms with van der Waals surface area (Å²) in [6.07, 6.45) is 0. The van der Waals surface area contributed by atoms with Crippen LogP contribution in [0.3, 0.4) is 0 Å². The van der Waals surface area contributed by atoms with E-state index in [-0.39, 0.29) is 24.0 Å². The van der Waals surface area contributed by atoms with Crippen LogP contribution in [0.4, 0.5) is 4.39 Å². The molecule has 0 saturated carbocycles. The molecule has 1 aromatic carbocycles. The Kier molecular flexibility index (Phi) is 3.48. The number of rotatable bonds is 3. The van der Waals surface area contributed by atoms with Crippen LogP contribution in [0.5, 0.6) is 11.5 Å². The van der Waals surface area contributed by atoms with Crippen molar-refractivity contribution in [3.8, 4) is 22.9 Å². The second kappa shape index (κ2) is 4.91. The highest BCUT2D eigenvalue weighted by Crippen LogP contribution is 2.42. The van der Waals surface area contributed by atoms with Crippen LogP contribution in [0.25, 0.3) is 11.4 Å². The van der Waals surface area contributed by atoms with Gasteiger partial charge in [-0.25, -0.2) is 4.39 Å². The van der Waals surface area contributed by atoms with Gasteiger partial charge in [0.25, 0.3) is 0 Å². The Balaban J connectivity index is 2.66. The van der Waals surface area contributed by atoms with Crippen LogP contribution < -0.4 is 10.5 Å². The van der Waals surface area contributed by atoms with Gasteiger partial charge in [0, 0.05) is 4.47 Å². The van der Waals surface area contributed by atoms with Crippen LogP contribution in [-0.2, 0) is 6.54 Å². The first-order valence-corrected chi connectivity index (χ1v) is 5.65. The first kappa shape index (κ1) is 12.8. The highest BCUT2D eigenvalue weighted by molar-refractivity contribution is 9.10. The molecule has 2 rings (SSSR count). The van der Waals surface area contributed by atoms with Gasteiger partial charge in [0.2, 0.25) is 11.7 Å². The molecule has 0 aliphatic heterocycles. The van der Waals surface area contributed by atoms with E-state index in [2.05, 4.69) is 26.1 Å². The van der Waals surface area contributed by atoms with Crippen LogP contribution in [-0.4, -0.2) is 22.4 Å². The number of hydrogen-bond donors (Lipinski definition) is 2. The van der Waals surface area contributed by atoms with E-state index in [1.807, 2.05) is 0 Å². The monoisotopic (exact) mass is 317 g/mol. The summed E-state index contributed by atoms with van der Waals surface area (Å²) in [6, 6.07) is 1.09. The van der Waals surface area contributed by atoms with E-state index < -0.39 is 11.6 Å². The van der Waals surface area contributed by atoms with Crippen LogP contribution >= 0.6 is 15.9 Å². The highest BCUT2D eigenvalue weighted by Gasteiger charge is 2.22. The third kappa shape index (κ3) is 2.04. The van der Waals surface area contributed by atoms with Crippen molar-refractivity contribution in [3.05, 3.63) is 22.2 Å². The third-order valence-electron chi connectivity index (χ3n) is 2.23. The number of aromatic nitrogens is 2. The van der Waals surface area contributed by atoms with Gasteiger partial charge < -0.3 is 20.1 Å². The third-order valence-corrected chi connectivity index (χ3v) is 2.86. The predicted octanol–water partition coefficient (Wildman–Crippen LogP) is 1.81. The number of ether oxygens (including phenoxy) is 1. The summed E-state index contributed by atoms with van der Waals surface area (Å²) in [6.45, 7) is 0.0834. The minimum absolute atomic E-state index is 0.0775. The van der Waals surface area contributed by atoms with Gasteiger partial charge in [-0.3, -0.25) is 0 Å². The van der Waals surface area contributed by atoms with Gasteiger partial charge in [-0.15, -0.1) is 0 Å². The minimum Gasteiger partial charge on any atom is -0.502 e. The van der Waals surface area contributed by atoms with E-state index >= 15 is 0 Å². The standard InChI is InChI=1S/C10H9BrFN3O3/c1-17-9-7(4(11)2-5(12)8(9)16)10-14-6(3-13)18-15-10/h2,16H,3,13H2,1H3. The van der Waals surface area contributed by atoms with Crippen LogP contribution in [0.2, 0.25) is 0 Å². The smallest absolute Gasteiger partial charge is 0.240 e. The Bertz CT molecular complexity index is 588. The molecule has 1 aromatic heterocycles. The summed E-state index contributed by atoms with van der Waals surface area (Å²) >= 11 is 3.16. The van der Waals surface area contributed by atoms with Gasteiger partial charge in [-0.05, 0) is 22.0 Å². The largest absolute Gasteiger partial charge is 0.502 e. The van der Waals surface area contributed by atoms with Crippen LogP contribution in [0.15, 0.2) is 15.1 Å². The molecule has 0 radical (unpaired) electrons. The van der Waals surface area contributed by atoms with Crippen molar-refractivity contribution in [2.75, 3.05) is 7.11 Å². The normalized spacial score (nSPS) is 10.7. The van der Waals surface area contributed by atoms with E-state index in [9.17, 15) is 9.50 Å². The van der Waals surface area contributed by atoms with Gasteiger partial charge in [-0.1, -0.05) is 5.16 Å². The lowest BCUT2D eigenvalue weighted by Crippen LogP contribution is -1.97. The van der Waals surface area contributed by atoms with Crippen LogP contribution in [0.1, 0.15) is 5.89 Å². The fourth-order valence-electron chi connectivity index (χ4n) is 1.43. The molecule has 0 atom stereocenters. The second-order valence-electron chi connectivity index (χ2n) is 3.31. The molecule has 0 spiro atoms. The number of benzene rings is 1. The number of nitrogens with zero attached hydrogens (tertiary/aromatic N) is 2. The van der Waals surface area contributed by atoms with Gasteiger partial charge in [0.1, 0.15) is 0 Å². The number of phenolic OH excluding ortho intramolecular Hbond substituents is 1. The zero-order valence-corrected chi connectivity index (χ0v) is 10.9. The van der Waals surface area contributed by atoms with Gasteiger partial charge in [0.15, 0.2) is 17.3 Å². The second-order valence-corrected chi connectivity index (χ2v) is 4.17. The Labute approximate surface area is 110 Å². The number of nitrogens with two attached hydrogens (primary N) is 1. The molecule has 3 N–H and O–H groups in total. The van der Waals surface area contributed by atoms with Crippen molar-refractivity contribution in [2.45, 2.75) is 6.54 Å². The summed E-state index contributed by atoms with van der Waals surface area (Å²) < 4.78 is 23.5. The van der Waals surface area contributed by atoms with E-state index in [0.717, 1.165) is 6.07 Å². The molecule has 0 aliphatic rings. The lowest BCUT2D eigenvalue weighted by Gasteiger charge is -2.10. The Morgan fingerprint density at radius 2 is 2.33 bits per heavy atom. The Morgan fingerprint density at radius 3 is 2.89 bits per heavy atom. The van der Waals surface area contributed by atoms with Crippen molar-refractivity contribution >= 4 is 15.9 Å². The lowest BCUT2D eigenvalue weighted by atomic mass is 10.1. The average Bonchev–Trinajstić information content (AvgIpc) is 2.81. The molecule has 18 heavy (non-hydrogen) atoms. The number of phenols is 1. The fraction of sp³-hybridized carbons (Fsp3) is 0.200. The lowest BCUT2D eigenvalue weighted by molar-refractivity contribution is 0.357. The minimum atomic E-state index is -0.815. The molecule has 0 bridgehead atoms. The Morgan fingerprint density at radius 1 is 1.61 bits per heavy atom. The summed E-state index contributed by atoms with van der Waals surface area (Å²) in [5.74, 6) is -1.14. The zero-order chi connectivity index (χ0) is 13.3. The summed E-state index contributed by atoms with van der Waals surface area (Å²) in [5.41, 5.74) is 5.65. The maximum absolute atomic E-state index is 13.3. The molecule has 96 valence electrons. The average molecular weight is 318 g/mol. The summed E-state index contributed by atoms with van der Waals surface area (Å²) in [5, 5.41) is 13.3. The molecular weight excluding hydrogens is 309 g/mol. The maximum atomic E-state index is 13.3. The number of hydrogen-bond acceptors (Lipinski definition) is 6. The first-order chi connectivity index (χ1) is 8.58. The quantitative estimate of drug-likeness (QED) is 0.896. The number of methoxy groups -OCH3 is 1. The molecule has 0 aliphatic carbocycles. The number of aromatic hydroxyl groups is 1. The van der Waals surface area contributed by atoms with Gasteiger partial charge in [0.05, 0.1) is 19.2 Å². The topological polar surface area (TPSA) is 94.4 Å². The molecule has 0 saturated heterocycles. The summed E-state index contributed by atoms with van der Waals surface area (Å²) in [4.78, 5) is 3.99. The molecule has 1 heterocycles. The molecule has 0 fully saturated rings. The molecule has 8 heteroatoms. The maximum Gasteiger partial charge on any atom is 0.240 e. The van der Waals surface area contributed by atoms with E-state index in [4.69, 9.17) is 15.0 Å². The highest BCUT2D eigenvalue weighted by atomic mass is 79.9. The van der Waals surface area contributed by atoms with E-state index in [1.54, 1.807) is 0 Å². The summed E-state index contributed by atoms with van der Waals surface area (Å²) in [7, 11) is 1.30. The molecule has 0 unspecified atom stereocenters. The van der Waals surface area contributed by atoms with Crippen molar-refractivity contribution in [1.82, 2.24) is 10.1 Å². The molecule has 2 aromatic rings. The fourth-order valence-corrected chi connectivity index (χ4v) is 1.99. The molecule has 6 nitrogen and oxygen atoms in total. The predicted molar refractivity (Wildman–Crippen MR) is 63.5 cm³/mol. The van der Waals surface area contributed by atoms with E-state index in [0.29, 0.717) is 10.0 Å². The SMILES string of the molecule is COc1c(O)c(F)cc(Br)c1-c1noc(CN)n1. The van der Waals surface area contributed by atoms with Crippen molar-refractivity contribution in [2.24, 2.45) is 5.73 Å². The van der Waals surface area contributed by atoms with Crippen molar-refractivity contribution in [3.63, 3.8) is 0 Å².